The van der Waals surface area contributed by atoms with Gasteiger partial charge >= 0.3 is 0 Å². The first-order chi connectivity index (χ1) is 7.31. The molecule has 0 bridgehead atoms. The summed E-state index contributed by atoms with van der Waals surface area (Å²) in [6, 6.07) is 7.65. The third-order valence-corrected chi connectivity index (χ3v) is 2.59. The summed E-state index contributed by atoms with van der Waals surface area (Å²) in [6.45, 7) is 0.936. The predicted octanol–water partition coefficient (Wildman–Crippen LogP) is 1.03. The van der Waals surface area contributed by atoms with Crippen LogP contribution >= 0.6 is 0 Å². The highest BCUT2D eigenvalue weighted by Gasteiger charge is 2.24. The standard InChI is InChI=1S/C11H15N3O/c1-12-8-4-2-3-5-9(8)14-11(15)10-6-7-13-10/h2-5,10,12-13H,6-7H2,1H3,(H,14,15). The van der Waals surface area contributed by atoms with Crippen LogP contribution in [-0.4, -0.2) is 25.5 Å². The molecule has 4 nitrogen and oxygen atoms in total. The molecule has 2 rings (SSSR count). The lowest BCUT2D eigenvalue weighted by Gasteiger charge is -2.26. The molecule has 0 aromatic heterocycles. The average molecular weight is 205 g/mol. The summed E-state index contributed by atoms with van der Waals surface area (Å²) in [5.41, 5.74) is 1.77. The lowest BCUT2D eigenvalue weighted by atomic mass is 10.1. The molecular formula is C11H15N3O. The first-order valence-electron chi connectivity index (χ1n) is 5.12. The van der Waals surface area contributed by atoms with Gasteiger partial charge in [0.1, 0.15) is 0 Å². The summed E-state index contributed by atoms with van der Waals surface area (Å²) < 4.78 is 0. The Bertz CT molecular complexity index is 361. The minimum atomic E-state index is -0.0186. The molecule has 1 heterocycles. The van der Waals surface area contributed by atoms with E-state index in [-0.39, 0.29) is 11.9 Å². The van der Waals surface area contributed by atoms with Gasteiger partial charge in [0, 0.05) is 7.05 Å². The second-order valence-electron chi connectivity index (χ2n) is 3.58. The molecule has 1 amide bonds. The summed E-state index contributed by atoms with van der Waals surface area (Å²) >= 11 is 0. The Morgan fingerprint density at radius 3 is 2.60 bits per heavy atom. The fraction of sp³-hybridized carbons (Fsp3) is 0.364. The maximum absolute atomic E-state index is 11.7. The Kier molecular flexibility index (Phi) is 2.87. The predicted molar refractivity (Wildman–Crippen MR) is 61.0 cm³/mol. The first-order valence-corrected chi connectivity index (χ1v) is 5.12. The summed E-state index contributed by atoms with van der Waals surface area (Å²) in [5.74, 6) is 0.0453. The number of carbonyl (C=O) groups excluding carboxylic acids is 1. The topological polar surface area (TPSA) is 53.2 Å². The lowest BCUT2D eigenvalue weighted by Crippen LogP contribution is -2.50. The molecule has 1 aliphatic heterocycles. The van der Waals surface area contributed by atoms with Gasteiger partial charge in [0.15, 0.2) is 0 Å². The molecule has 0 spiro atoms. The number of carbonyl (C=O) groups is 1. The van der Waals surface area contributed by atoms with E-state index in [2.05, 4.69) is 16.0 Å². The van der Waals surface area contributed by atoms with Crippen molar-refractivity contribution in [1.82, 2.24) is 5.32 Å². The van der Waals surface area contributed by atoms with Gasteiger partial charge < -0.3 is 16.0 Å². The third kappa shape index (κ3) is 2.10. The number of anilines is 2. The molecule has 0 aliphatic carbocycles. The second kappa shape index (κ2) is 4.31. The highest BCUT2D eigenvalue weighted by Crippen LogP contribution is 2.20. The summed E-state index contributed by atoms with van der Waals surface area (Å²) in [7, 11) is 1.84. The largest absolute Gasteiger partial charge is 0.386 e. The van der Waals surface area contributed by atoms with E-state index in [4.69, 9.17) is 0 Å². The minimum absolute atomic E-state index is 0.0186. The summed E-state index contributed by atoms with van der Waals surface area (Å²) in [5, 5.41) is 9.01. The zero-order valence-corrected chi connectivity index (χ0v) is 8.71. The Morgan fingerprint density at radius 1 is 1.40 bits per heavy atom. The zero-order valence-electron chi connectivity index (χ0n) is 8.71. The van der Waals surface area contributed by atoms with Crippen LogP contribution in [0.2, 0.25) is 0 Å². The van der Waals surface area contributed by atoms with Crippen LogP contribution in [0.25, 0.3) is 0 Å². The van der Waals surface area contributed by atoms with Crippen LogP contribution in [0.1, 0.15) is 6.42 Å². The van der Waals surface area contributed by atoms with Gasteiger partial charge in [-0.2, -0.15) is 0 Å². The van der Waals surface area contributed by atoms with E-state index < -0.39 is 0 Å². The first kappa shape index (κ1) is 9.98. The smallest absolute Gasteiger partial charge is 0.241 e. The van der Waals surface area contributed by atoms with E-state index in [9.17, 15) is 4.79 Å². The molecule has 3 N–H and O–H groups in total. The number of benzene rings is 1. The highest BCUT2D eigenvalue weighted by molar-refractivity contribution is 5.98. The molecule has 0 radical (unpaired) electrons. The summed E-state index contributed by atoms with van der Waals surface area (Å²) in [4.78, 5) is 11.7. The number of rotatable bonds is 3. The minimum Gasteiger partial charge on any atom is -0.386 e. The molecule has 80 valence electrons. The van der Waals surface area contributed by atoms with Crippen molar-refractivity contribution in [3.8, 4) is 0 Å². The molecule has 1 unspecified atom stereocenters. The van der Waals surface area contributed by atoms with Crippen LogP contribution < -0.4 is 16.0 Å². The average Bonchev–Trinajstić information content (AvgIpc) is 2.15. The zero-order chi connectivity index (χ0) is 10.7. The third-order valence-electron chi connectivity index (χ3n) is 2.59. The van der Waals surface area contributed by atoms with E-state index in [0.29, 0.717) is 0 Å². The van der Waals surface area contributed by atoms with Gasteiger partial charge in [-0.1, -0.05) is 12.1 Å². The number of para-hydroxylation sites is 2. The van der Waals surface area contributed by atoms with Gasteiger partial charge in [-0.15, -0.1) is 0 Å². The summed E-state index contributed by atoms with van der Waals surface area (Å²) in [6.07, 6.45) is 0.924. The Balaban J connectivity index is 2.05. The van der Waals surface area contributed by atoms with Crippen molar-refractivity contribution in [2.45, 2.75) is 12.5 Å². The fourth-order valence-electron chi connectivity index (χ4n) is 1.54. The Hall–Kier alpha value is -1.55. The van der Waals surface area contributed by atoms with E-state index in [1.165, 1.54) is 0 Å². The van der Waals surface area contributed by atoms with Gasteiger partial charge in [0.25, 0.3) is 0 Å². The fourth-order valence-corrected chi connectivity index (χ4v) is 1.54. The van der Waals surface area contributed by atoms with Crippen LogP contribution in [0.3, 0.4) is 0 Å². The van der Waals surface area contributed by atoms with Crippen molar-refractivity contribution < 1.29 is 4.79 Å². The van der Waals surface area contributed by atoms with Crippen molar-refractivity contribution in [2.24, 2.45) is 0 Å². The molecule has 1 aromatic rings. The maximum Gasteiger partial charge on any atom is 0.241 e. The number of amides is 1. The van der Waals surface area contributed by atoms with Gasteiger partial charge in [-0.25, -0.2) is 0 Å². The monoisotopic (exact) mass is 205 g/mol. The number of hydrogen-bond acceptors (Lipinski definition) is 3. The SMILES string of the molecule is CNc1ccccc1NC(=O)C1CCN1. The molecule has 1 saturated heterocycles. The molecule has 1 aliphatic rings. The van der Waals surface area contributed by atoms with E-state index in [0.717, 1.165) is 24.3 Å². The molecule has 1 fully saturated rings. The Labute approximate surface area is 89.1 Å². The van der Waals surface area contributed by atoms with Crippen molar-refractivity contribution in [3.05, 3.63) is 24.3 Å². The van der Waals surface area contributed by atoms with Crippen LogP contribution in [0.15, 0.2) is 24.3 Å². The molecular weight excluding hydrogens is 190 g/mol. The van der Waals surface area contributed by atoms with Crippen molar-refractivity contribution in [3.63, 3.8) is 0 Å². The van der Waals surface area contributed by atoms with Crippen LogP contribution in [0.5, 0.6) is 0 Å². The van der Waals surface area contributed by atoms with E-state index >= 15 is 0 Å². The normalized spacial score (nSPS) is 19.1. The van der Waals surface area contributed by atoms with Crippen molar-refractivity contribution in [2.75, 3.05) is 24.2 Å². The van der Waals surface area contributed by atoms with Crippen LogP contribution in [-0.2, 0) is 4.79 Å². The highest BCUT2D eigenvalue weighted by atomic mass is 16.2. The van der Waals surface area contributed by atoms with Crippen LogP contribution in [0, 0.1) is 0 Å². The quantitative estimate of drug-likeness (QED) is 0.690. The molecule has 4 heteroatoms. The lowest BCUT2D eigenvalue weighted by molar-refractivity contribution is -0.119. The van der Waals surface area contributed by atoms with Gasteiger partial charge in [-0.05, 0) is 25.1 Å². The molecule has 1 aromatic carbocycles. The molecule has 1 atom stereocenters. The molecule has 15 heavy (non-hydrogen) atoms. The van der Waals surface area contributed by atoms with Gasteiger partial charge in [-0.3, -0.25) is 4.79 Å². The Morgan fingerprint density at radius 2 is 2.07 bits per heavy atom. The second-order valence-corrected chi connectivity index (χ2v) is 3.58. The van der Waals surface area contributed by atoms with Crippen LogP contribution in [0.4, 0.5) is 11.4 Å². The van der Waals surface area contributed by atoms with Gasteiger partial charge in [0.2, 0.25) is 5.91 Å². The van der Waals surface area contributed by atoms with E-state index in [1.807, 2.05) is 31.3 Å². The van der Waals surface area contributed by atoms with Crippen molar-refractivity contribution >= 4 is 17.3 Å². The maximum atomic E-state index is 11.7. The van der Waals surface area contributed by atoms with E-state index in [1.54, 1.807) is 0 Å². The number of hydrogen-bond donors (Lipinski definition) is 3. The number of nitrogens with one attached hydrogen (secondary N) is 3. The van der Waals surface area contributed by atoms with Gasteiger partial charge in [0.05, 0.1) is 17.4 Å². The molecule has 0 saturated carbocycles. The van der Waals surface area contributed by atoms with Crippen molar-refractivity contribution in [1.29, 1.82) is 0 Å².